The first-order chi connectivity index (χ1) is 8.73. The van der Waals surface area contributed by atoms with Gasteiger partial charge in [-0.1, -0.05) is 0 Å². The zero-order valence-corrected chi connectivity index (χ0v) is 8.95. The first-order valence-corrected chi connectivity index (χ1v) is 4.91. The summed E-state index contributed by atoms with van der Waals surface area (Å²) in [6.45, 7) is -0.348. The third kappa shape index (κ3) is 2.60. The van der Waals surface area contributed by atoms with Gasteiger partial charge in [-0.25, -0.2) is 13.2 Å². The molecular weight excluding hydrogens is 285 g/mol. The number of hydrogen-bond acceptors (Lipinski definition) is 2. The molecule has 19 heavy (non-hydrogen) atoms. The number of hydrogen-bond donors (Lipinski definition) is 0. The Kier molecular flexibility index (Phi) is 3.33. The molecule has 1 unspecified atom stereocenters. The van der Waals surface area contributed by atoms with Gasteiger partial charge in [-0.2, -0.15) is 17.6 Å². The van der Waals surface area contributed by atoms with Gasteiger partial charge in [0, 0.05) is 0 Å². The van der Waals surface area contributed by atoms with Crippen molar-refractivity contribution in [2.75, 3.05) is 13.2 Å². The maximum absolute atomic E-state index is 13.3. The van der Waals surface area contributed by atoms with Crippen LogP contribution in [0.4, 0.5) is 30.7 Å². The lowest BCUT2D eigenvalue weighted by molar-refractivity contribution is -0.142. The number of rotatable bonds is 3. The third-order valence-corrected chi connectivity index (χ3v) is 2.32. The third-order valence-electron chi connectivity index (χ3n) is 2.32. The van der Waals surface area contributed by atoms with Crippen LogP contribution in [-0.2, 0) is 10.9 Å². The minimum Gasteiger partial charge on any atom is -0.487 e. The van der Waals surface area contributed by atoms with E-state index in [1.807, 2.05) is 0 Å². The van der Waals surface area contributed by atoms with E-state index >= 15 is 0 Å². The van der Waals surface area contributed by atoms with Crippen molar-refractivity contribution in [1.29, 1.82) is 0 Å². The highest BCUT2D eigenvalue weighted by molar-refractivity contribution is 5.40. The van der Waals surface area contributed by atoms with Crippen molar-refractivity contribution in [2.45, 2.75) is 12.3 Å². The molecule has 1 aliphatic heterocycles. The maximum atomic E-state index is 13.3. The lowest BCUT2D eigenvalue weighted by atomic mass is 10.1. The van der Waals surface area contributed by atoms with Gasteiger partial charge < -0.3 is 9.47 Å². The van der Waals surface area contributed by atoms with Crippen LogP contribution in [0.1, 0.15) is 5.56 Å². The second-order valence-electron chi connectivity index (χ2n) is 3.72. The van der Waals surface area contributed by atoms with Crippen LogP contribution in [0.2, 0.25) is 0 Å². The van der Waals surface area contributed by atoms with Gasteiger partial charge in [0.05, 0.1) is 6.61 Å². The van der Waals surface area contributed by atoms with Gasteiger partial charge in [0.15, 0.2) is 17.4 Å². The second-order valence-corrected chi connectivity index (χ2v) is 3.72. The van der Waals surface area contributed by atoms with E-state index in [1.165, 1.54) is 0 Å². The minimum atomic E-state index is -5.43. The summed E-state index contributed by atoms with van der Waals surface area (Å²) < 4.78 is 98.6. The number of epoxide rings is 1. The average molecular weight is 290 g/mol. The SMILES string of the molecule is Fc1c(F)c(F)c(C(F)(F)F)c(OCC2CO2)c1F. The largest absolute Gasteiger partial charge is 0.487 e. The summed E-state index contributed by atoms with van der Waals surface area (Å²) in [5.41, 5.74) is -2.32. The molecular formula is C10H5F7O2. The van der Waals surface area contributed by atoms with Gasteiger partial charge in [-0.05, 0) is 0 Å². The highest BCUT2D eigenvalue weighted by atomic mass is 19.4. The van der Waals surface area contributed by atoms with E-state index in [2.05, 4.69) is 9.47 Å². The normalized spacial score (nSPS) is 18.6. The summed E-state index contributed by atoms with van der Waals surface area (Å²) in [6.07, 6.45) is -6.00. The molecule has 1 aromatic carbocycles. The van der Waals surface area contributed by atoms with Gasteiger partial charge in [0.1, 0.15) is 18.3 Å². The smallest absolute Gasteiger partial charge is 0.423 e. The lowest BCUT2D eigenvalue weighted by Crippen LogP contribution is -2.18. The summed E-state index contributed by atoms with van der Waals surface area (Å²) >= 11 is 0. The Morgan fingerprint density at radius 2 is 1.53 bits per heavy atom. The van der Waals surface area contributed by atoms with Crippen molar-refractivity contribution in [3.05, 3.63) is 28.8 Å². The molecule has 0 aliphatic carbocycles. The first kappa shape index (κ1) is 13.9. The fourth-order valence-electron chi connectivity index (χ4n) is 1.34. The van der Waals surface area contributed by atoms with Gasteiger partial charge in [-0.15, -0.1) is 0 Å². The van der Waals surface area contributed by atoms with Crippen molar-refractivity contribution in [3.63, 3.8) is 0 Å². The predicted octanol–water partition coefficient (Wildman–Crippen LogP) is 3.04. The zero-order valence-electron chi connectivity index (χ0n) is 8.95. The van der Waals surface area contributed by atoms with Crippen LogP contribution in [0, 0.1) is 23.3 Å². The topological polar surface area (TPSA) is 21.8 Å². The van der Waals surface area contributed by atoms with Gasteiger partial charge >= 0.3 is 6.18 Å². The Hall–Kier alpha value is -1.51. The molecule has 0 amide bonds. The Balaban J connectivity index is 2.52. The maximum Gasteiger partial charge on any atom is 0.423 e. The molecule has 0 aromatic heterocycles. The standard InChI is InChI=1S/C10H5F7O2/c11-5-4(10(15,16)17)9(19-2-3-1-18-3)8(14)7(13)6(5)12/h3H,1-2H2. The molecule has 0 N–H and O–H groups in total. The Labute approximate surface area is 101 Å². The second kappa shape index (κ2) is 4.55. The number of halogens is 7. The average Bonchev–Trinajstić information content (AvgIpc) is 3.11. The number of ether oxygens (including phenoxy) is 2. The molecule has 1 fully saturated rings. The van der Waals surface area contributed by atoms with E-state index in [0.717, 1.165) is 0 Å². The lowest BCUT2D eigenvalue weighted by Gasteiger charge is -2.16. The van der Waals surface area contributed by atoms with Gasteiger partial charge in [0.25, 0.3) is 0 Å². The monoisotopic (exact) mass is 290 g/mol. The number of benzene rings is 1. The molecule has 1 aliphatic rings. The highest BCUT2D eigenvalue weighted by Gasteiger charge is 2.43. The first-order valence-electron chi connectivity index (χ1n) is 4.91. The molecule has 9 heteroatoms. The molecule has 1 atom stereocenters. The van der Waals surface area contributed by atoms with Crippen LogP contribution < -0.4 is 4.74 Å². The molecule has 1 saturated heterocycles. The fourth-order valence-corrected chi connectivity index (χ4v) is 1.34. The van der Waals surface area contributed by atoms with Crippen LogP contribution in [0.3, 0.4) is 0 Å². The van der Waals surface area contributed by atoms with Gasteiger partial charge in [-0.3, -0.25) is 0 Å². The minimum absolute atomic E-state index is 0.176. The predicted molar refractivity (Wildman–Crippen MR) is 46.5 cm³/mol. The Morgan fingerprint density at radius 1 is 1.00 bits per heavy atom. The van der Waals surface area contributed by atoms with E-state index in [0.29, 0.717) is 0 Å². The quantitative estimate of drug-likeness (QED) is 0.369. The van der Waals surface area contributed by atoms with Crippen molar-refractivity contribution < 1.29 is 40.2 Å². The van der Waals surface area contributed by atoms with Crippen molar-refractivity contribution in [2.24, 2.45) is 0 Å². The van der Waals surface area contributed by atoms with Crippen molar-refractivity contribution in [3.8, 4) is 5.75 Å². The molecule has 2 rings (SSSR count). The summed E-state index contributed by atoms with van der Waals surface area (Å²) in [7, 11) is 0. The van der Waals surface area contributed by atoms with E-state index in [9.17, 15) is 30.7 Å². The summed E-state index contributed by atoms with van der Waals surface area (Å²) in [6, 6.07) is 0. The Bertz CT molecular complexity index is 508. The molecule has 2 nitrogen and oxygen atoms in total. The molecule has 0 bridgehead atoms. The van der Waals surface area contributed by atoms with Crippen LogP contribution in [0.15, 0.2) is 0 Å². The molecule has 106 valence electrons. The summed E-state index contributed by atoms with van der Waals surface area (Å²) in [4.78, 5) is 0. The van der Waals surface area contributed by atoms with Gasteiger partial charge in [0.2, 0.25) is 11.6 Å². The molecule has 1 aromatic rings. The van der Waals surface area contributed by atoms with Crippen LogP contribution in [0.5, 0.6) is 5.75 Å². The van der Waals surface area contributed by atoms with Crippen LogP contribution >= 0.6 is 0 Å². The molecule has 0 spiro atoms. The van der Waals surface area contributed by atoms with Crippen LogP contribution in [0.25, 0.3) is 0 Å². The van der Waals surface area contributed by atoms with Crippen molar-refractivity contribution in [1.82, 2.24) is 0 Å². The molecule has 1 heterocycles. The summed E-state index contributed by atoms with van der Waals surface area (Å²) in [5.74, 6) is -11.4. The summed E-state index contributed by atoms with van der Waals surface area (Å²) in [5, 5.41) is 0. The van der Waals surface area contributed by atoms with E-state index in [-0.39, 0.29) is 6.61 Å². The molecule has 0 radical (unpaired) electrons. The Morgan fingerprint density at radius 3 is 2.00 bits per heavy atom. The highest BCUT2D eigenvalue weighted by Crippen LogP contribution is 2.41. The van der Waals surface area contributed by atoms with E-state index < -0.39 is 53.5 Å². The number of alkyl halides is 3. The fraction of sp³-hybridized carbons (Fsp3) is 0.400. The van der Waals surface area contributed by atoms with E-state index in [4.69, 9.17) is 0 Å². The van der Waals surface area contributed by atoms with Crippen LogP contribution in [-0.4, -0.2) is 19.3 Å². The molecule has 0 saturated carbocycles. The van der Waals surface area contributed by atoms with Crippen molar-refractivity contribution >= 4 is 0 Å². The zero-order chi connectivity index (χ0) is 14.4. The van der Waals surface area contributed by atoms with E-state index in [1.54, 1.807) is 0 Å².